The lowest BCUT2D eigenvalue weighted by Crippen LogP contribution is -1.78. The molecule has 0 aliphatic heterocycles. The van der Waals surface area contributed by atoms with E-state index in [-0.39, 0.29) is 0 Å². The Hall–Kier alpha value is -1.46. The minimum absolute atomic E-state index is 1.26. The summed E-state index contributed by atoms with van der Waals surface area (Å²) in [5.74, 6) is 0. The molecule has 0 spiro atoms. The van der Waals surface area contributed by atoms with Crippen molar-refractivity contribution < 1.29 is 0 Å². The van der Waals surface area contributed by atoms with Gasteiger partial charge >= 0.3 is 0 Å². The van der Waals surface area contributed by atoms with E-state index in [2.05, 4.69) is 59.1 Å². The summed E-state index contributed by atoms with van der Waals surface area (Å²) in [6.07, 6.45) is 1.99. The average molecular weight is 357 g/mol. The standard InChI is InChI=1S/C18H12S4/c1-2-12-16(13-6-3-9-19-13)17(14-7-4-10-20-14)18(22-12)15-8-5-11-21-15/h2-11H,1H2. The maximum absolute atomic E-state index is 4.04. The third-order valence-electron chi connectivity index (χ3n) is 3.40. The summed E-state index contributed by atoms with van der Waals surface area (Å²) in [6.45, 7) is 4.04. The van der Waals surface area contributed by atoms with E-state index < -0.39 is 0 Å². The summed E-state index contributed by atoms with van der Waals surface area (Å²) in [5.41, 5.74) is 2.70. The fourth-order valence-electron chi connectivity index (χ4n) is 2.50. The van der Waals surface area contributed by atoms with Gasteiger partial charge in [-0.05, 0) is 34.3 Å². The van der Waals surface area contributed by atoms with E-state index in [1.54, 1.807) is 34.0 Å². The highest BCUT2D eigenvalue weighted by Crippen LogP contribution is 2.51. The highest BCUT2D eigenvalue weighted by atomic mass is 32.1. The molecule has 0 radical (unpaired) electrons. The number of hydrogen-bond donors (Lipinski definition) is 0. The molecule has 0 fully saturated rings. The van der Waals surface area contributed by atoms with E-state index >= 15 is 0 Å². The van der Waals surface area contributed by atoms with Gasteiger partial charge in [0.15, 0.2) is 0 Å². The van der Waals surface area contributed by atoms with Crippen molar-refractivity contribution in [2.45, 2.75) is 0 Å². The molecule has 4 aromatic heterocycles. The zero-order valence-electron chi connectivity index (χ0n) is 11.6. The van der Waals surface area contributed by atoms with Gasteiger partial charge in [0.25, 0.3) is 0 Å². The summed E-state index contributed by atoms with van der Waals surface area (Å²) in [4.78, 5) is 6.60. The second kappa shape index (κ2) is 5.97. The van der Waals surface area contributed by atoms with Gasteiger partial charge in [-0.3, -0.25) is 0 Å². The van der Waals surface area contributed by atoms with Crippen LogP contribution in [0.1, 0.15) is 4.88 Å². The largest absolute Gasteiger partial charge is 0.144 e. The van der Waals surface area contributed by atoms with Crippen LogP contribution < -0.4 is 0 Å². The Morgan fingerprint density at radius 2 is 1.27 bits per heavy atom. The quantitative estimate of drug-likeness (QED) is 0.353. The van der Waals surface area contributed by atoms with E-state index in [0.717, 1.165) is 0 Å². The lowest BCUT2D eigenvalue weighted by atomic mass is 10.0. The van der Waals surface area contributed by atoms with Crippen molar-refractivity contribution in [3.8, 4) is 30.6 Å². The molecule has 0 saturated carbocycles. The fourth-order valence-corrected chi connectivity index (χ4v) is 6.24. The van der Waals surface area contributed by atoms with Gasteiger partial charge in [-0.2, -0.15) is 0 Å². The van der Waals surface area contributed by atoms with Gasteiger partial charge in [-0.15, -0.1) is 45.3 Å². The highest BCUT2D eigenvalue weighted by molar-refractivity contribution is 7.24. The predicted molar refractivity (Wildman–Crippen MR) is 104 cm³/mol. The van der Waals surface area contributed by atoms with Crippen molar-refractivity contribution in [1.29, 1.82) is 0 Å². The second-order valence-corrected chi connectivity index (χ2v) is 8.58. The molecule has 0 amide bonds. The Bertz CT molecular complexity index is 876. The molecule has 0 atom stereocenters. The van der Waals surface area contributed by atoms with Crippen LogP contribution in [0, 0.1) is 0 Å². The number of hydrogen-bond acceptors (Lipinski definition) is 4. The summed E-state index contributed by atoms with van der Waals surface area (Å²) in [5, 5.41) is 6.44. The van der Waals surface area contributed by atoms with Crippen molar-refractivity contribution >= 4 is 51.4 Å². The first-order valence-corrected chi connectivity index (χ1v) is 10.2. The van der Waals surface area contributed by atoms with Crippen molar-refractivity contribution in [2.24, 2.45) is 0 Å². The molecule has 0 N–H and O–H groups in total. The van der Waals surface area contributed by atoms with Crippen molar-refractivity contribution in [3.63, 3.8) is 0 Å². The average Bonchev–Trinajstić information content (AvgIpc) is 3.33. The molecule has 0 aromatic carbocycles. The van der Waals surface area contributed by atoms with Crippen molar-refractivity contribution in [3.05, 3.63) is 64.0 Å². The van der Waals surface area contributed by atoms with E-state index in [4.69, 9.17) is 0 Å². The Kier molecular flexibility index (Phi) is 3.84. The first-order valence-electron chi connectivity index (χ1n) is 6.79. The van der Waals surface area contributed by atoms with Gasteiger partial charge in [-0.1, -0.05) is 30.9 Å². The third kappa shape index (κ3) is 2.32. The van der Waals surface area contributed by atoms with E-state index in [9.17, 15) is 0 Å². The molecule has 0 aliphatic rings. The van der Waals surface area contributed by atoms with Gasteiger partial charge in [0, 0.05) is 30.6 Å². The lowest BCUT2D eigenvalue weighted by Gasteiger charge is -2.04. The van der Waals surface area contributed by atoms with Crippen LogP contribution in [0.25, 0.3) is 36.7 Å². The first kappa shape index (κ1) is 14.2. The minimum Gasteiger partial charge on any atom is -0.144 e. The first-order chi connectivity index (χ1) is 10.9. The molecule has 0 saturated heterocycles. The SMILES string of the molecule is C=Cc1sc(-c2cccs2)c(-c2cccs2)c1-c1cccs1. The minimum atomic E-state index is 1.26. The fraction of sp³-hybridized carbons (Fsp3) is 0. The van der Waals surface area contributed by atoms with Crippen LogP contribution in [0.2, 0.25) is 0 Å². The van der Waals surface area contributed by atoms with Crippen LogP contribution in [0.4, 0.5) is 0 Å². The smallest absolute Gasteiger partial charge is 0.0542 e. The zero-order chi connectivity index (χ0) is 14.9. The van der Waals surface area contributed by atoms with Gasteiger partial charge in [0.1, 0.15) is 0 Å². The monoisotopic (exact) mass is 356 g/mol. The highest BCUT2D eigenvalue weighted by Gasteiger charge is 2.22. The summed E-state index contributed by atoms with van der Waals surface area (Å²) in [7, 11) is 0. The van der Waals surface area contributed by atoms with Gasteiger partial charge in [0.05, 0.1) is 4.88 Å². The van der Waals surface area contributed by atoms with Crippen LogP contribution in [-0.2, 0) is 0 Å². The van der Waals surface area contributed by atoms with Gasteiger partial charge in [0.2, 0.25) is 0 Å². The van der Waals surface area contributed by atoms with Crippen molar-refractivity contribution in [1.82, 2.24) is 0 Å². The molecule has 0 nitrogen and oxygen atoms in total. The molecule has 0 unspecified atom stereocenters. The van der Waals surface area contributed by atoms with E-state index in [1.807, 2.05) is 17.4 Å². The van der Waals surface area contributed by atoms with Crippen LogP contribution in [0.3, 0.4) is 0 Å². The Balaban J connectivity index is 2.07. The topological polar surface area (TPSA) is 0 Å². The molecule has 4 heterocycles. The molecular weight excluding hydrogens is 344 g/mol. The predicted octanol–water partition coefficient (Wildman–Crippen LogP) is 7.58. The molecule has 4 aromatic rings. The maximum atomic E-state index is 4.04. The second-order valence-electron chi connectivity index (χ2n) is 4.68. The molecule has 0 bridgehead atoms. The van der Waals surface area contributed by atoms with Crippen molar-refractivity contribution in [2.75, 3.05) is 0 Å². The summed E-state index contributed by atoms with van der Waals surface area (Å²) < 4.78 is 0. The van der Waals surface area contributed by atoms with E-state index in [1.165, 1.54) is 35.5 Å². The summed E-state index contributed by atoms with van der Waals surface area (Å²) >= 11 is 7.25. The van der Waals surface area contributed by atoms with Gasteiger partial charge in [-0.25, -0.2) is 0 Å². The third-order valence-corrected chi connectivity index (χ3v) is 7.41. The number of rotatable bonds is 4. The van der Waals surface area contributed by atoms with E-state index in [0.29, 0.717) is 0 Å². The Labute approximate surface area is 145 Å². The molecule has 108 valence electrons. The maximum Gasteiger partial charge on any atom is 0.0542 e. The molecule has 4 rings (SSSR count). The van der Waals surface area contributed by atoms with Crippen LogP contribution in [0.5, 0.6) is 0 Å². The molecular formula is C18H12S4. The Morgan fingerprint density at radius 3 is 1.77 bits per heavy atom. The lowest BCUT2D eigenvalue weighted by molar-refractivity contribution is 1.81. The van der Waals surface area contributed by atoms with Crippen LogP contribution in [-0.4, -0.2) is 0 Å². The zero-order valence-corrected chi connectivity index (χ0v) is 14.9. The van der Waals surface area contributed by atoms with Gasteiger partial charge < -0.3 is 0 Å². The van der Waals surface area contributed by atoms with Crippen LogP contribution in [0.15, 0.2) is 59.1 Å². The summed E-state index contributed by atoms with van der Waals surface area (Å²) in [6, 6.07) is 13.0. The normalized spacial score (nSPS) is 10.9. The van der Waals surface area contributed by atoms with Crippen LogP contribution >= 0.6 is 45.3 Å². The Morgan fingerprint density at radius 1 is 0.727 bits per heavy atom. The molecule has 22 heavy (non-hydrogen) atoms. The molecule has 4 heteroatoms. The molecule has 0 aliphatic carbocycles. The number of thiophene rings is 4.